The van der Waals surface area contributed by atoms with Crippen molar-refractivity contribution in [1.82, 2.24) is 0 Å². The maximum Gasteiger partial charge on any atom is 0.289 e. The van der Waals surface area contributed by atoms with Crippen LogP contribution in [-0.4, -0.2) is 11.5 Å². The van der Waals surface area contributed by atoms with E-state index >= 15 is 0 Å². The molecule has 0 saturated carbocycles. The second-order valence-corrected chi connectivity index (χ2v) is 4.97. The van der Waals surface area contributed by atoms with Crippen molar-refractivity contribution in [3.63, 3.8) is 0 Å². The number of hydrogen-bond acceptors (Lipinski definition) is 4. The molecule has 0 radical (unpaired) electrons. The van der Waals surface area contributed by atoms with Crippen LogP contribution in [0.4, 0.5) is 11.4 Å². The molecule has 0 amide bonds. The van der Waals surface area contributed by atoms with Crippen molar-refractivity contribution in [2.45, 2.75) is 27.2 Å². The van der Waals surface area contributed by atoms with E-state index in [1.807, 2.05) is 6.07 Å². The minimum atomic E-state index is -0.533. The van der Waals surface area contributed by atoms with Crippen LogP contribution in [0, 0.1) is 26.9 Å². The minimum absolute atomic E-state index is 0.0836. The summed E-state index contributed by atoms with van der Waals surface area (Å²) in [5, 5.41) is 22.8. The van der Waals surface area contributed by atoms with Crippen LogP contribution in [0.5, 0.6) is 0 Å². The average Bonchev–Trinajstić information content (AvgIpc) is 2.36. The highest BCUT2D eigenvalue weighted by Gasteiger charge is 2.17. The van der Waals surface area contributed by atoms with Crippen molar-refractivity contribution < 1.29 is 4.92 Å². The summed E-state index contributed by atoms with van der Waals surface area (Å²) < 4.78 is 0. The third kappa shape index (κ3) is 3.45. The number of rotatable bonds is 5. The molecule has 0 unspecified atom stereocenters. The monoisotopic (exact) mass is 247 g/mol. The number of hydrogen-bond donors (Lipinski definition) is 1. The smallest absolute Gasteiger partial charge is 0.289 e. The molecule has 1 aromatic carbocycles. The van der Waals surface area contributed by atoms with Crippen molar-refractivity contribution >= 4 is 11.4 Å². The Kier molecular flexibility index (Phi) is 4.27. The molecule has 1 aromatic rings. The maximum atomic E-state index is 10.8. The van der Waals surface area contributed by atoms with Crippen molar-refractivity contribution in [1.29, 1.82) is 5.26 Å². The lowest BCUT2D eigenvalue weighted by Gasteiger charge is -2.23. The third-order valence-electron chi connectivity index (χ3n) is 3.04. The highest BCUT2D eigenvalue weighted by Crippen LogP contribution is 2.25. The van der Waals surface area contributed by atoms with Gasteiger partial charge in [-0.3, -0.25) is 10.1 Å². The largest absolute Gasteiger partial charge is 0.384 e. The molecular formula is C13H17N3O2. The van der Waals surface area contributed by atoms with Gasteiger partial charge in [0.05, 0.1) is 4.92 Å². The molecule has 96 valence electrons. The van der Waals surface area contributed by atoms with Crippen LogP contribution >= 0.6 is 0 Å². The number of nitro groups is 1. The topological polar surface area (TPSA) is 79.0 Å². The van der Waals surface area contributed by atoms with Gasteiger partial charge < -0.3 is 5.32 Å². The number of nitriles is 1. The molecule has 0 heterocycles. The van der Waals surface area contributed by atoms with E-state index in [1.165, 1.54) is 12.1 Å². The van der Waals surface area contributed by atoms with Crippen molar-refractivity contribution in [2.24, 2.45) is 5.41 Å². The Balaban J connectivity index is 2.90. The first-order valence-electron chi connectivity index (χ1n) is 5.82. The zero-order valence-corrected chi connectivity index (χ0v) is 10.9. The van der Waals surface area contributed by atoms with Crippen molar-refractivity contribution in [2.75, 3.05) is 11.9 Å². The van der Waals surface area contributed by atoms with Crippen LogP contribution in [0.2, 0.25) is 0 Å². The molecule has 1 N–H and O–H groups in total. The van der Waals surface area contributed by atoms with E-state index in [4.69, 9.17) is 5.26 Å². The van der Waals surface area contributed by atoms with E-state index in [0.717, 1.165) is 13.0 Å². The lowest BCUT2D eigenvalue weighted by atomic mass is 9.90. The first kappa shape index (κ1) is 14.0. The Bertz CT molecular complexity index is 489. The van der Waals surface area contributed by atoms with Gasteiger partial charge in [-0.1, -0.05) is 20.8 Å². The van der Waals surface area contributed by atoms with Crippen LogP contribution in [0.15, 0.2) is 18.2 Å². The van der Waals surface area contributed by atoms with E-state index < -0.39 is 4.92 Å². The zero-order valence-electron chi connectivity index (χ0n) is 10.9. The van der Waals surface area contributed by atoms with Gasteiger partial charge >= 0.3 is 0 Å². The van der Waals surface area contributed by atoms with Gasteiger partial charge in [0, 0.05) is 18.3 Å². The van der Waals surface area contributed by atoms with Gasteiger partial charge in [0.2, 0.25) is 0 Å². The van der Waals surface area contributed by atoms with E-state index in [9.17, 15) is 10.1 Å². The molecular weight excluding hydrogens is 230 g/mol. The number of benzene rings is 1. The van der Waals surface area contributed by atoms with Gasteiger partial charge in [0.1, 0.15) is 11.6 Å². The molecule has 0 aromatic heterocycles. The Morgan fingerprint density at radius 3 is 2.67 bits per heavy atom. The van der Waals surface area contributed by atoms with Crippen LogP contribution < -0.4 is 5.32 Å². The van der Waals surface area contributed by atoms with Gasteiger partial charge in [0.15, 0.2) is 0 Å². The molecule has 1 rings (SSSR count). The molecule has 0 saturated heterocycles. The number of nitro benzene ring substituents is 1. The fourth-order valence-corrected chi connectivity index (χ4v) is 1.35. The SMILES string of the molecule is CCC(C)(C)CNc1ccc(C#N)c([N+](=O)[O-])c1. The molecule has 0 fully saturated rings. The van der Waals surface area contributed by atoms with Gasteiger partial charge in [-0.2, -0.15) is 5.26 Å². The number of anilines is 1. The van der Waals surface area contributed by atoms with E-state index in [1.54, 1.807) is 6.07 Å². The van der Waals surface area contributed by atoms with Crippen LogP contribution in [0.25, 0.3) is 0 Å². The van der Waals surface area contributed by atoms with Crippen molar-refractivity contribution in [3.05, 3.63) is 33.9 Å². The molecule has 0 aliphatic heterocycles. The quantitative estimate of drug-likeness (QED) is 0.639. The van der Waals surface area contributed by atoms with Crippen molar-refractivity contribution in [3.8, 4) is 6.07 Å². The summed E-state index contributed by atoms with van der Waals surface area (Å²) in [6, 6.07) is 6.39. The van der Waals surface area contributed by atoms with Gasteiger partial charge in [-0.05, 0) is 24.0 Å². The predicted molar refractivity (Wildman–Crippen MR) is 70.4 cm³/mol. The Morgan fingerprint density at radius 2 is 2.17 bits per heavy atom. The lowest BCUT2D eigenvalue weighted by molar-refractivity contribution is -0.385. The fraction of sp³-hybridized carbons (Fsp3) is 0.462. The molecule has 0 atom stereocenters. The molecule has 18 heavy (non-hydrogen) atoms. The molecule has 5 heteroatoms. The second-order valence-electron chi connectivity index (χ2n) is 4.97. The highest BCUT2D eigenvalue weighted by atomic mass is 16.6. The summed E-state index contributed by atoms with van der Waals surface area (Å²) >= 11 is 0. The van der Waals surface area contributed by atoms with Gasteiger partial charge in [-0.15, -0.1) is 0 Å². The Labute approximate surface area is 107 Å². The zero-order chi connectivity index (χ0) is 13.8. The number of nitrogens with zero attached hydrogens (tertiary/aromatic N) is 2. The van der Waals surface area contributed by atoms with E-state index in [-0.39, 0.29) is 16.7 Å². The summed E-state index contributed by atoms with van der Waals surface area (Å²) in [5.74, 6) is 0. The molecule has 0 spiro atoms. The van der Waals surface area contributed by atoms with E-state index in [2.05, 4.69) is 26.1 Å². The predicted octanol–water partition coefficient (Wildman–Crippen LogP) is 3.31. The normalized spacial score (nSPS) is 10.8. The van der Waals surface area contributed by atoms with Crippen LogP contribution in [0.1, 0.15) is 32.8 Å². The van der Waals surface area contributed by atoms with Gasteiger partial charge in [-0.25, -0.2) is 0 Å². The molecule has 5 nitrogen and oxygen atoms in total. The van der Waals surface area contributed by atoms with Crippen LogP contribution in [-0.2, 0) is 0 Å². The molecule has 0 aliphatic carbocycles. The van der Waals surface area contributed by atoms with Gasteiger partial charge in [0.25, 0.3) is 5.69 Å². The number of nitrogens with one attached hydrogen (secondary N) is 1. The summed E-state index contributed by atoms with van der Waals surface area (Å²) in [6.45, 7) is 7.07. The first-order chi connectivity index (χ1) is 8.39. The summed E-state index contributed by atoms with van der Waals surface area (Å²) in [5.41, 5.74) is 0.724. The summed E-state index contributed by atoms with van der Waals surface area (Å²) in [6.07, 6.45) is 1.01. The van der Waals surface area contributed by atoms with E-state index in [0.29, 0.717) is 5.69 Å². The Hall–Kier alpha value is -2.09. The maximum absolute atomic E-state index is 10.8. The third-order valence-corrected chi connectivity index (χ3v) is 3.04. The fourth-order valence-electron chi connectivity index (χ4n) is 1.35. The first-order valence-corrected chi connectivity index (χ1v) is 5.82. The summed E-state index contributed by atoms with van der Waals surface area (Å²) in [4.78, 5) is 10.3. The summed E-state index contributed by atoms with van der Waals surface area (Å²) in [7, 11) is 0. The second kappa shape index (κ2) is 5.50. The molecule has 0 bridgehead atoms. The lowest BCUT2D eigenvalue weighted by Crippen LogP contribution is -2.22. The average molecular weight is 247 g/mol. The Morgan fingerprint density at radius 1 is 1.50 bits per heavy atom. The molecule has 0 aliphatic rings. The highest BCUT2D eigenvalue weighted by molar-refractivity contribution is 5.59. The minimum Gasteiger partial charge on any atom is -0.384 e. The van der Waals surface area contributed by atoms with Crippen LogP contribution in [0.3, 0.4) is 0 Å². The standard InChI is InChI=1S/C13H17N3O2/c1-4-13(2,3)9-15-11-6-5-10(8-14)12(7-11)16(17)18/h5-7,15H,4,9H2,1-3H3.